The summed E-state index contributed by atoms with van der Waals surface area (Å²) in [6.45, 7) is 6.86. The third-order valence-electron chi connectivity index (χ3n) is 2.69. The molecule has 1 unspecified atom stereocenters. The number of methoxy groups -OCH3 is 1. The maximum Gasteiger partial charge on any atom is 0.143 e. The lowest BCUT2D eigenvalue weighted by Crippen LogP contribution is -2.20. The van der Waals surface area contributed by atoms with Crippen LogP contribution in [0, 0.1) is 0 Å². The predicted molar refractivity (Wildman–Crippen MR) is 71.2 cm³/mol. The van der Waals surface area contributed by atoms with Crippen LogP contribution in [0.2, 0.25) is 0 Å². The molecule has 1 aromatic rings. The van der Waals surface area contributed by atoms with Gasteiger partial charge in [-0.2, -0.15) is 0 Å². The lowest BCUT2D eigenvalue weighted by atomic mass is 10.1. The Morgan fingerprint density at radius 2 is 2.18 bits per heavy atom. The molecule has 0 aromatic carbocycles. The summed E-state index contributed by atoms with van der Waals surface area (Å²) in [5.41, 5.74) is 7.28. The van der Waals surface area contributed by atoms with Crippen molar-refractivity contribution in [1.82, 2.24) is 15.0 Å². The molecule has 2 N–H and O–H groups in total. The van der Waals surface area contributed by atoms with Gasteiger partial charge in [0.25, 0.3) is 0 Å². The van der Waals surface area contributed by atoms with Crippen molar-refractivity contribution in [2.24, 2.45) is 5.73 Å². The van der Waals surface area contributed by atoms with Crippen molar-refractivity contribution in [2.75, 3.05) is 13.7 Å². The third-order valence-corrected chi connectivity index (χ3v) is 2.88. The Hall–Kier alpha value is -1.01. The highest BCUT2D eigenvalue weighted by Crippen LogP contribution is 2.22. The quantitative estimate of drug-likeness (QED) is 0.784. The summed E-state index contributed by atoms with van der Waals surface area (Å²) in [4.78, 5) is 0.298. The van der Waals surface area contributed by atoms with Crippen LogP contribution < -0.4 is 5.73 Å². The van der Waals surface area contributed by atoms with Gasteiger partial charge in [0.1, 0.15) is 10.7 Å². The van der Waals surface area contributed by atoms with Gasteiger partial charge in [-0.25, -0.2) is 4.68 Å². The molecule has 0 aliphatic rings. The standard InChI is InChI=1S/C11H20N4OS/c1-5-8(6-16-4)15-10(7(2)3)9(11(12)17)13-14-15/h7-8H,5-6H2,1-4H3,(H2,12,17). The Morgan fingerprint density at radius 1 is 1.53 bits per heavy atom. The molecule has 0 spiro atoms. The van der Waals surface area contributed by atoms with Crippen LogP contribution >= 0.6 is 12.2 Å². The molecule has 0 amide bonds. The molecule has 1 aromatic heterocycles. The molecular weight excluding hydrogens is 236 g/mol. The topological polar surface area (TPSA) is 66.0 Å². The van der Waals surface area contributed by atoms with Gasteiger partial charge in [0.15, 0.2) is 0 Å². The molecule has 0 aliphatic carbocycles. The number of nitrogens with two attached hydrogens (primary N) is 1. The Bertz CT molecular complexity index is 389. The van der Waals surface area contributed by atoms with Gasteiger partial charge in [0.2, 0.25) is 0 Å². The minimum atomic E-state index is 0.174. The van der Waals surface area contributed by atoms with Crippen molar-refractivity contribution in [2.45, 2.75) is 39.2 Å². The second-order valence-electron chi connectivity index (χ2n) is 4.30. The second-order valence-corrected chi connectivity index (χ2v) is 4.74. The molecule has 1 heterocycles. The van der Waals surface area contributed by atoms with Gasteiger partial charge >= 0.3 is 0 Å². The summed E-state index contributed by atoms with van der Waals surface area (Å²) in [5, 5.41) is 8.25. The number of ether oxygens (including phenoxy) is 1. The van der Waals surface area contributed by atoms with Crippen LogP contribution in [-0.2, 0) is 4.74 Å². The number of thiocarbonyl (C=S) groups is 1. The van der Waals surface area contributed by atoms with E-state index in [0.717, 1.165) is 12.1 Å². The van der Waals surface area contributed by atoms with E-state index in [9.17, 15) is 0 Å². The first kappa shape index (κ1) is 14.1. The van der Waals surface area contributed by atoms with Crippen molar-refractivity contribution in [3.63, 3.8) is 0 Å². The molecule has 6 heteroatoms. The van der Waals surface area contributed by atoms with Gasteiger partial charge in [-0.3, -0.25) is 0 Å². The van der Waals surface area contributed by atoms with Gasteiger partial charge in [0.05, 0.1) is 18.3 Å². The SMILES string of the molecule is CCC(COC)n1nnc(C(N)=S)c1C(C)C. The first-order valence-electron chi connectivity index (χ1n) is 5.76. The summed E-state index contributed by atoms with van der Waals surface area (Å²) in [6, 6.07) is 0.174. The minimum Gasteiger partial charge on any atom is -0.388 e. The molecule has 96 valence electrons. The zero-order valence-corrected chi connectivity index (χ0v) is 11.6. The summed E-state index contributed by atoms with van der Waals surface area (Å²) in [7, 11) is 1.68. The summed E-state index contributed by atoms with van der Waals surface area (Å²) >= 11 is 5.00. The van der Waals surface area contributed by atoms with Crippen molar-refractivity contribution in [3.8, 4) is 0 Å². The van der Waals surface area contributed by atoms with Crippen molar-refractivity contribution < 1.29 is 4.74 Å². The van der Waals surface area contributed by atoms with Crippen LogP contribution in [0.3, 0.4) is 0 Å². The lowest BCUT2D eigenvalue weighted by molar-refractivity contribution is 0.144. The van der Waals surface area contributed by atoms with Gasteiger partial charge < -0.3 is 10.5 Å². The predicted octanol–water partition coefficient (Wildman–Crippen LogP) is 1.63. The van der Waals surface area contributed by atoms with Crippen LogP contribution in [0.5, 0.6) is 0 Å². The van der Waals surface area contributed by atoms with Crippen LogP contribution in [0.25, 0.3) is 0 Å². The molecule has 1 atom stereocenters. The highest BCUT2D eigenvalue weighted by molar-refractivity contribution is 7.80. The van der Waals surface area contributed by atoms with Gasteiger partial charge in [0, 0.05) is 7.11 Å². The normalized spacial score (nSPS) is 13.0. The van der Waals surface area contributed by atoms with Crippen LogP contribution in [0.15, 0.2) is 0 Å². The van der Waals surface area contributed by atoms with E-state index in [2.05, 4.69) is 31.1 Å². The van der Waals surface area contributed by atoms with Gasteiger partial charge in [-0.1, -0.05) is 38.2 Å². The van der Waals surface area contributed by atoms with Crippen molar-refractivity contribution >= 4 is 17.2 Å². The van der Waals surface area contributed by atoms with E-state index in [1.807, 2.05) is 4.68 Å². The number of rotatable bonds is 6. The van der Waals surface area contributed by atoms with E-state index >= 15 is 0 Å². The van der Waals surface area contributed by atoms with E-state index < -0.39 is 0 Å². The monoisotopic (exact) mass is 256 g/mol. The molecule has 0 bridgehead atoms. The van der Waals surface area contributed by atoms with E-state index in [0.29, 0.717) is 17.3 Å². The van der Waals surface area contributed by atoms with Crippen molar-refractivity contribution in [3.05, 3.63) is 11.4 Å². The van der Waals surface area contributed by atoms with Gasteiger partial charge in [-0.05, 0) is 12.3 Å². The van der Waals surface area contributed by atoms with E-state index in [1.165, 1.54) is 0 Å². The number of hydrogen-bond donors (Lipinski definition) is 1. The first-order chi connectivity index (χ1) is 8.02. The third kappa shape index (κ3) is 3.01. The average Bonchev–Trinajstić information content (AvgIpc) is 2.70. The van der Waals surface area contributed by atoms with Gasteiger partial charge in [-0.15, -0.1) is 5.10 Å². The Labute approximate surface area is 107 Å². The molecule has 0 saturated carbocycles. The molecule has 5 nitrogen and oxygen atoms in total. The molecule has 0 radical (unpaired) electrons. The smallest absolute Gasteiger partial charge is 0.143 e. The second kappa shape index (κ2) is 6.07. The molecule has 17 heavy (non-hydrogen) atoms. The highest BCUT2D eigenvalue weighted by Gasteiger charge is 2.22. The fourth-order valence-electron chi connectivity index (χ4n) is 1.84. The minimum absolute atomic E-state index is 0.174. The van der Waals surface area contributed by atoms with E-state index in [4.69, 9.17) is 22.7 Å². The average molecular weight is 256 g/mol. The molecule has 0 aliphatic heterocycles. The lowest BCUT2D eigenvalue weighted by Gasteiger charge is -2.18. The summed E-state index contributed by atoms with van der Waals surface area (Å²) in [5.74, 6) is 0.271. The molecule has 1 rings (SSSR count). The summed E-state index contributed by atoms with van der Waals surface area (Å²) in [6.07, 6.45) is 0.924. The van der Waals surface area contributed by atoms with E-state index in [-0.39, 0.29) is 12.0 Å². The van der Waals surface area contributed by atoms with Crippen LogP contribution in [0.1, 0.15) is 50.5 Å². The Balaban J connectivity index is 3.19. The zero-order chi connectivity index (χ0) is 13.0. The highest BCUT2D eigenvalue weighted by atomic mass is 32.1. The Kier molecular flexibility index (Phi) is 5.02. The van der Waals surface area contributed by atoms with Crippen LogP contribution in [-0.4, -0.2) is 33.7 Å². The molecular formula is C11H20N4OS. The maximum absolute atomic E-state index is 5.67. The van der Waals surface area contributed by atoms with Crippen LogP contribution in [0.4, 0.5) is 0 Å². The Morgan fingerprint density at radius 3 is 2.59 bits per heavy atom. The maximum atomic E-state index is 5.67. The molecule has 0 fully saturated rings. The molecule has 0 saturated heterocycles. The zero-order valence-electron chi connectivity index (χ0n) is 10.8. The first-order valence-corrected chi connectivity index (χ1v) is 6.17. The summed E-state index contributed by atoms with van der Waals surface area (Å²) < 4.78 is 7.09. The van der Waals surface area contributed by atoms with E-state index in [1.54, 1.807) is 7.11 Å². The number of nitrogens with zero attached hydrogens (tertiary/aromatic N) is 3. The largest absolute Gasteiger partial charge is 0.388 e. The fourth-order valence-corrected chi connectivity index (χ4v) is 1.98. The number of aromatic nitrogens is 3. The fraction of sp³-hybridized carbons (Fsp3) is 0.727. The van der Waals surface area contributed by atoms with Crippen molar-refractivity contribution in [1.29, 1.82) is 0 Å². The number of hydrogen-bond acceptors (Lipinski definition) is 4.